The molecule has 0 aromatic heterocycles. The Kier molecular flexibility index (Phi) is 1.41. The van der Waals surface area contributed by atoms with Gasteiger partial charge in [0.25, 0.3) is 5.91 Å². The lowest BCUT2D eigenvalue weighted by molar-refractivity contribution is -0.142. The number of terminal acetylenes is 1. The fraction of sp³-hybridized carbons (Fsp3) is 0.500. The van der Waals surface area contributed by atoms with E-state index in [4.69, 9.17) is 11.2 Å². The first kappa shape index (κ1) is 6.12. The second-order valence-corrected chi connectivity index (χ2v) is 1.81. The van der Waals surface area contributed by atoms with Crippen LogP contribution >= 0.6 is 0 Å². The first-order valence-electron chi connectivity index (χ1n) is 2.59. The van der Waals surface area contributed by atoms with Gasteiger partial charge < -0.3 is 10.1 Å². The molecule has 0 aromatic carbocycles. The third-order valence-electron chi connectivity index (χ3n) is 1.29. The zero-order valence-corrected chi connectivity index (χ0v) is 5.05. The average molecular weight is 125 g/mol. The van der Waals surface area contributed by atoms with Gasteiger partial charge in [0.15, 0.2) is 6.10 Å². The Balaban J connectivity index is 2.50. The van der Waals surface area contributed by atoms with Crippen LogP contribution in [-0.2, 0) is 9.53 Å². The van der Waals surface area contributed by atoms with Gasteiger partial charge in [0, 0.05) is 7.11 Å². The molecule has 2 unspecified atom stereocenters. The Labute approximate surface area is 53.4 Å². The van der Waals surface area contributed by atoms with Crippen molar-refractivity contribution in [3.05, 3.63) is 0 Å². The standard InChI is InChI=1S/C6H7NO2/c1-3-4-5(9-2)6(8)7-4/h1,4-5H,2H3,(H,7,8). The maximum Gasteiger partial charge on any atom is 0.253 e. The lowest BCUT2D eigenvalue weighted by atomic mass is 10.0. The van der Waals surface area contributed by atoms with Crippen molar-refractivity contribution in [1.29, 1.82) is 0 Å². The molecule has 0 radical (unpaired) electrons. The molecule has 1 fully saturated rings. The van der Waals surface area contributed by atoms with Gasteiger partial charge in [-0.25, -0.2) is 0 Å². The van der Waals surface area contributed by atoms with Crippen molar-refractivity contribution in [2.45, 2.75) is 12.1 Å². The van der Waals surface area contributed by atoms with E-state index in [2.05, 4.69) is 11.2 Å². The Hall–Kier alpha value is -1.01. The van der Waals surface area contributed by atoms with Crippen molar-refractivity contribution in [1.82, 2.24) is 5.32 Å². The van der Waals surface area contributed by atoms with Gasteiger partial charge in [-0.1, -0.05) is 5.92 Å². The number of rotatable bonds is 1. The Morgan fingerprint density at radius 2 is 2.56 bits per heavy atom. The number of hydrogen-bond acceptors (Lipinski definition) is 2. The van der Waals surface area contributed by atoms with Gasteiger partial charge in [-0.05, 0) is 0 Å². The van der Waals surface area contributed by atoms with Crippen LogP contribution in [0.1, 0.15) is 0 Å². The second-order valence-electron chi connectivity index (χ2n) is 1.81. The molecular formula is C6H7NO2. The van der Waals surface area contributed by atoms with Crippen LogP contribution in [0.25, 0.3) is 0 Å². The number of hydrogen-bond donors (Lipinski definition) is 1. The number of carbonyl (C=O) groups is 1. The molecule has 1 saturated heterocycles. The molecule has 3 nitrogen and oxygen atoms in total. The number of β-lactam (4-membered cyclic amide) rings is 1. The predicted molar refractivity (Wildman–Crippen MR) is 31.6 cm³/mol. The van der Waals surface area contributed by atoms with E-state index in [9.17, 15) is 4.79 Å². The zero-order valence-electron chi connectivity index (χ0n) is 5.05. The van der Waals surface area contributed by atoms with E-state index in [0.717, 1.165) is 0 Å². The molecule has 1 N–H and O–H groups in total. The van der Waals surface area contributed by atoms with E-state index >= 15 is 0 Å². The number of carbonyl (C=O) groups excluding carboxylic acids is 1. The van der Waals surface area contributed by atoms with Crippen LogP contribution in [-0.4, -0.2) is 25.2 Å². The van der Waals surface area contributed by atoms with Crippen molar-refractivity contribution in [2.24, 2.45) is 0 Å². The average Bonchev–Trinajstić information content (AvgIpc) is 1.83. The molecule has 1 aliphatic rings. The predicted octanol–water partition coefficient (Wildman–Crippen LogP) is -0.867. The number of nitrogens with one attached hydrogen (secondary N) is 1. The van der Waals surface area contributed by atoms with E-state index in [0.29, 0.717) is 0 Å². The molecule has 9 heavy (non-hydrogen) atoms. The molecule has 0 bridgehead atoms. The van der Waals surface area contributed by atoms with Crippen LogP contribution in [0.5, 0.6) is 0 Å². The molecule has 48 valence electrons. The van der Waals surface area contributed by atoms with E-state index in [1.54, 1.807) is 0 Å². The fourth-order valence-electron chi connectivity index (χ4n) is 0.738. The third kappa shape index (κ3) is 0.775. The van der Waals surface area contributed by atoms with Crippen molar-refractivity contribution in [3.8, 4) is 12.3 Å². The summed E-state index contributed by atoms with van der Waals surface area (Å²) in [5, 5.41) is 2.49. The first-order valence-corrected chi connectivity index (χ1v) is 2.59. The van der Waals surface area contributed by atoms with Crippen molar-refractivity contribution < 1.29 is 9.53 Å². The monoisotopic (exact) mass is 125 g/mol. The van der Waals surface area contributed by atoms with Crippen molar-refractivity contribution >= 4 is 5.91 Å². The van der Waals surface area contributed by atoms with Crippen LogP contribution in [0, 0.1) is 12.3 Å². The van der Waals surface area contributed by atoms with Crippen molar-refractivity contribution in [2.75, 3.05) is 7.11 Å². The minimum absolute atomic E-state index is 0.125. The molecule has 2 atom stereocenters. The third-order valence-corrected chi connectivity index (χ3v) is 1.29. The maximum absolute atomic E-state index is 10.5. The molecule has 3 heteroatoms. The summed E-state index contributed by atoms with van der Waals surface area (Å²) in [6, 6.07) is -0.220. The van der Waals surface area contributed by atoms with Crippen molar-refractivity contribution in [3.63, 3.8) is 0 Å². The highest BCUT2D eigenvalue weighted by Gasteiger charge is 2.37. The lowest BCUT2D eigenvalue weighted by Gasteiger charge is -2.31. The van der Waals surface area contributed by atoms with E-state index < -0.39 is 6.10 Å². The molecule has 0 aromatic rings. The summed E-state index contributed by atoms with van der Waals surface area (Å²) in [6.07, 6.45) is 4.60. The largest absolute Gasteiger partial charge is 0.368 e. The molecule has 0 aliphatic carbocycles. The molecule has 1 aliphatic heterocycles. The molecule has 0 spiro atoms. The highest BCUT2D eigenvalue weighted by atomic mass is 16.5. The minimum atomic E-state index is -0.421. The molecule has 0 saturated carbocycles. The van der Waals surface area contributed by atoms with Crippen LogP contribution in [0.4, 0.5) is 0 Å². The Bertz CT molecular complexity index is 170. The van der Waals surface area contributed by atoms with E-state index in [-0.39, 0.29) is 11.9 Å². The molecular weight excluding hydrogens is 118 g/mol. The highest BCUT2D eigenvalue weighted by molar-refractivity contribution is 5.89. The normalized spacial score (nSPS) is 32.2. The topological polar surface area (TPSA) is 38.3 Å². The first-order chi connectivity index (χ1) is 4.29. The van der Waals surface area contributed by atoms with Crippen LogP contribution in [0.2, 0.25) is 0 Å². The quantitative estimate of drug-likeness (QED) is 0.365. The minimum Gasteiger partial charge on any atom is -0.368 e. The maximum atomic E-state index is 10.5. The summed E-state index contributed by atoms with van der Waals surface area (Å²) in [6.45, 7) is 0. The summed E-state index contributed by atoms with van der Waals surface area (Å²) >= 11 is 0. The fourth-order valence-corrected chi connectivity index (χ4v) is 0.738. The second kappa shape index (κ2) is 2.08. The molecule has 1 rings (SSSR count). The summed E-state index contributed by atoms with van der Waals surface area (Å²) in [4.78, 5) is 10.5. The van der Waals surface area contributed by atoms with Crippen LogP contribution < -0.4 is 5.32 Å². The molecule has 1 heterocycles. The SMILES string of the molecule is C#CC1NC(=O)C1OC. The van der Waals surface area contributed by atoms with Gasteiger partial charge in [-0.3, -0.25) is 4.79 Å². The van der Waals surface area contributed by atoms with Crippen LogP contribution in [0.3, 0.4) is 0 Å². The number of amides is 1. The van der Waals surface area contributed by atoms with Gasteiger partial charge in [0.2, 0.25) is 0 Å². The highest BCUT2D eigenvalue weighted by Crippen LogP contribution is 2.07. The van der Waals surface area contributed by atoms with Gasteiger partial charge in [-0.15, -0.1) is 6.42 Å². The summed E-state index contributed by atoms with van der Waals surface area (Å²) in [5.41, 5.74) is 0. The van der Waals surface area contributed by atoms with Gasteiger partial charge in [0.05, 0.1) is 0 Å². The van der Waals surface area contributed by atoms with Gasteiger partial charge in [-0.2, -0.15) is 0 Å². The number of ether oxygens (including phenoxy) is 1. The van der Waals surface area contributed by atoms with Gasteiger partial charge >= 0.3 is 0 Å². The summed E-state index contributed by atoms with van der Waals surface area (Å²) in [7, 11) is 1.47. The Morgan fingerprint density at radius 3 is 2.78 bits per heavy atom. The lowest BCUT2D eigenvalue weighted by Crippen LogP contribution is -2.62. The molecule has 1 amide bonds. The zero-order chi connectivity index (χ0) is 6.85. The van der Waals surface area contributed by atoms with E-state index in [1.165, 1.54) is 7.11 Å². The summed E-state index contributed by atoms with van der Waals surface area (Å²) in [5.74, 6) is 2.25. The van der Waals surface area contributed by atoms with Gasteiger partial charge in [0.1, 0.15) is 6.04 Å². The van der Waals surface area contributed by atoms with Crippen LogP contribution in [0.15, 0.2) is 0 Å². The smallest absolute Gasteiger partial charge is 0.253 e. The summed E-state index contributed by atoms with van der Waals surface area (Å²) < 4.78 is 4.75. The number of methoxy groups -OCH3 is 1. The van der Waals surface area contributed by atoms with E-state index in [1.807, 2.05) is 0 Å². The Morgan fingerprint density at radius 1 is 1.89 bits per heavy atom.